The molecule has 1 aliphatic carbocycles. The van der Waals surface area contributed by atoms with Crippen molar-refractivity contribution in [1.29, 1.82) is 0 Å². The van der Waals surface area contributed by atoms with Crippen molar-refractivity contribution in [3.8, 4) is 0 Å². The third-order valence-corrected chi connectivity index (χ3v) is 4.81. The Morgan fingerprint density at radius 2 is 2.12 bits per heavy atom. The minimum absolute atomic E-state index is 0.365. The van der Waals surface area contributed by atoms with Gasteiger partial charge < -0.3 is 5.32 Å². The SMILES string of the molecule is CC(C)c1cnc(CNC2(C)CCCC2)s1. The van der Waals surface area contributed by atoms with E-state index in [1.54, 1.807) is 0 Å². The highest BCUT2D eigenvalue weighted by Crippen LogP contribution is 2.29. The molecular weight excluding hydrogens is 216 g/mol. The van der Waals surface area contributed by atoms with Crippen LogP contribution in [0.1, 0.15) is 62.3 Å². The van der Waals surface area contributed by atoms with E-state index in [0.717, 1.165) is 6.54 Å². The molecule has 16 heavy (non-hydrogen) atoms. The van der Waals surface area contributed by atoms with Crippen LogP contribution in [0.2, 0.25) is 0 Å². The fourth-order valence-corrected chi connectivity index (χ4v) is 3.16. The summed E-state index contributed by atoms with van der Waals surface area (Å²) in [5.74, 6) is 0.605. The van der Waals surface area contributed by atoms with Gasteiger partial charge >= 0.3 is 0 Å². The summed E-state index contributed by atoms with van der Waals surface area (Å²) >= 11 is 1.85. The highest BCUT2D eigenvalue weighted by molar-refractivity contribution is 7.11. The van der Waals surface area contributed by atoms with Gasteiger partial charge in [0.05, 0.1) is 0 Å². The molecule has 0 radical (unpaired) electrons. The molecule has 0 saturated heterocycles. The fraction of sp³-hybridized carbons (Fsp3) is 0.769. The summed E-state index contributed by atoms with van der Waals surface area (Å²) in [6, 6.07) is 0. The van der Waals surface area contributed by atoms with Crippen molar-refractivity contribution >= 4 is 11.3 Å². The van der Waals surface area contributed by atoms with Gasteiger partial charge in [-0.15, -0.1) is 11.3 Å². The summed E-state index contributed by atoms with van der Waals surface area (Å²) in [6.07, 6.45) is 7.41. The van der Waals surface area contributed by atoms with Crippen LogP contribution in [0.5, 0.6) is 0 Å². The average Bonchev–Trinajstić information content (AvgIpc) is 2.84. The summed E-state index contributed by atoms with van der Waals surface area (Å²) in [5.41, 5.74) is 0.365. The number of hydrogen-bond acceptors (Lipinski definition) is 3. The molecule has 2 nitrogen and oxygen atoms in total. The minimum atomic E-state index is 0.365. The first-order valence-corrected chi connectivity index (χ1v) is 7.10. The summed E-state index contributed by atoms with van der Waals surface area (Å²) in [5, 5.41) is 4.91. The van der Waals surface area contributed by atoms with E-state index in [1.165, 1.54) is 35.6 Å². The van der Waals surface area contributed by atoms with Crippen molar-refractivity contribution in [1.82, 2.24) is 10.3 Å². The molecule has 1 aliphatic rings. The first-order valence-electron chi connectivity index (χ1n) is 6.29. The van der Waals surface area contributed by atoms with Gasteiger partial charge in [0, 0.05) is 23.2 Å². The lowest BCUT2D eigenvalue weighted by Crippen LogP contribution is -2.38. The van der Waals surface area contributed by atoms with Crippen molar-refractivity contribution in [3.63, 3.8) is 0 Å². The minimum Gasteiger partial charge on any atom is -0.305 e. The summed E-state index contributed by atoms with van der Waals surface area (Å²) in [6.45, 7) is 7.73. The lowest BCUT2D eigenvalue weighted by atomic mass is 10.0. The average molecular weight is 238 g/mol. The molecule has 1 heterocycles. The zero-order valence-electron chi connectivity index (χ0n) is 10.5. The van der Waals surface area contributed by atoms with E-state index in [9.17, 15) is 0 Å². The van der Waals surface area contributed by atoms with E-state index in [-0.39, 0.29) is 0 Å². The molecule has 0 atom stereocenters. The van der Waals surface area contributed by atoms with Gasteiger partial charge in [-0.25, -0.2) is 4.98 Å². The maximum absolute atomic E-state index is 4.49. The second-order valence-corrected chi connectivity index (χ2v) is 6.58. The van der Waals surface area contributed by atoms with E-state index in [4.69, 9.17) is 0 Å². The van der Waals surface area contributed by atoms with Crippen LogP contribution < -0.4 is 5.32 Å². The van der Waals surface area contributed by atoms with Crippen LogP contribution in [0.25, 0.3) is 0 Å². The number of aromatic nitrogens is 1. The van der Waals surface area contributed by atoms with E-state index in [0.29, 0.717) is 11.5 Å². The van der Waals surface area contributed by atoms with Crippen LogP contribution in [0.15, 0.2) is 6.20 Å². The largest absolute Gasteiger partial charge is 0.305 e. The number of rotatable bonds is 4. The molecule has 1 N–H and O–H groups in total. The van der Waals surface area contributed by atoms with Gasteiger partial charge in [0.25, 0.3) is 0 Å². The van der Waals surface area contributed by atoms with Crippen LogP contribution in [0, 0.1) is 0 Å². The van der Waals surface area contributed by atoms with Gasteiger partial charge in [0.2, 0.25) is 0 Å². The first kappa shape index (κ1) is 12.1. The van der Waals surface area contributed by atoms with Gasteiger partial charge in [-0.2, -0.15) is 0 Å². The molecule has 0 amide bonds. The normalized spacial score (nSPS) is 19.5. The summed E-state index contributed by atoms with van der Waals surface area (Å²) in [4.78, 5) is 5.88. The van der Waals surface area contributed by atoms with Crippen molar-refractivity contribution in [2.45, 2.75) is 64.5 Å². The Balaban J connectivity index is 1.89. The van der Waals surface area contributed by atoms with Crippen molar-refractivity contribution in [3.05, 3.63) is 16.1 Å². The molecule has 3 heteroatoms. The van der Waals surface area contributed by atoms with E-state index in [1.807, 2.05) is 17.5 Å². The molecule has 90 valence electrons. The zero-order chi connectivity index (χ0) is 11.6. The molecule has 1 fully saturated rings. The van der Waals surface area contributed by atoms with Crippen molar-refractivity contribution in [2.75, 3.05) is 0 Å². The number of nitrogens with zero attached hydrogens (tertiary/aromatic N) is 1. The van der Waals surface area contributed by atoms with Gasteiger partial charge in [0.15, 0.2) is 0 Å². The molecule has 0 aromatic carbocycles. The lowest BCUT2D eigenvalue weighted by Gasteiger charge is -2.24. The predicted molar refractivity (Wildman–Crippen MR) is 69.9 cm³/mol. The standard InChI is InChI=1S/C13H22N2S/c1-10(2)11-8-14-12(16-11)9-15-13(3)6-4-5-7-13/h8,10,15H,4-7,9H2,1-3H3. The smallest absolute Gasteiger partial charge is 0.107 e. The topological polar surface area (TPSA) is 24.9 Å². The molecule has 0 spiro atoms. The Morgan fingerprint density at radius 1 is 1.44 bits per heavy atom. The molecule has 0 aliphatic heterocycles. The summed E-state index contributed by atoms with van der Waals surface area (Å²) in [7, 11) is 0. The van der Waals surface area contributed by atoms with Gasteiger partial charge in [-0.05, 0) is 25.7 Å². The zero-order valence-corrected chi connectivity index (χ0v) is 11.4. The fourth-order valence-electron chi connectivity index (χ4n) is 2.29. The molecular formula is C13H22N2S. The maximum atomic E-state index is 4.49. The Kier molecular flexibility index (Phi) is 3.65. The lowest BCUT2D eigenvalue weighted by molar-refractivity contribution is 0.362. The highest BCUT2D eigenvalue weighted by Gasteiger charge is 2.27. The van der Waals surface area contributed by atoms with Gasteiger partial charge in [-0.3, -0.25) is 0 Å². The number of nitrogens with one attached hydrogen (secondary N) is 1. The predicted octanol–water partition coefficient (Wildman–Crippen LogP) is 3.69. The first-order chi connectivity index (χ1) is 7.59. The van der Waals surface area contributed by atoms with Crippen LogP contribution >= 0.6 is 11.3 Å². The van der Waals surface area contributed by atoms with E-state index >= 15 is 0 Å². The third-order valence-electron chi connectivity index (χ3n) is 3.51. The van der Waals surface area contributed by atoms with Crippen molar-refractivity contribution < 1.29 is 0 Å². The van der Waals surface area contributed by atoms with Crippen molar-refractivity contribution in [2.24, 2.45) is 0 Å². The Morgan fingerprint density at radius 3 is 2.69 bits per heavy atom. The van der Waals surface area contributed by atoms with E-state index < -0.39 is 0 Å². The Bertz CT molecular complexity index is 337. The maximum Gasteiger partial charge on any atom is 0.107 e. The second kappa shape index (κ2) is 4.84. The highest BCUT2D eigenvalue weighted by atomic mass is 32.1. The monoisotopic (exact) mass is 238 g/mol. The molecule has 1 aromatic heterocycles. The van der Waals surface area contributed by atoms with Crippen LogP contribution in [-0.2, 0) is 6.54 Å². The van der Waals surface area contributed by atoms with Gasteiger partial charge in [0.1, 0.15) is 5.01 Å². The molecule has 1 saturated carbocycles. The molecule has 2 rings (SSSR count). The molecule has 0 bridgehead atoms. The number of thiazole rings is 1. The number of hydrogen-bond donors (Lipinski definition) is 1. The quantitative estimate of drug-likeness (QED) is 0.865. The Labute approximate surface area is 102 Å². The molecule has 0 unspecified atom stereocenters. The van der Waals surface area contributed by atoms with Crippen LogP contribution in [-0.4, -0.2) is 10.5 Å². The van der Waals surface area contributed by atoms with Crippen LogP contribution in [0.4, 0.5) is 0 Å². The third kappa shape index (κ3) is 2.83. The molecule has 1 aromatic rings. The van der Waals surface area contributed by atoms with Gasteiger partial charge in [-0.1, -0.05) is 26.7 Å². The second-order valence-electron chi connectivity index (χ2n) is 5.43. The summed E-state index contributed by atoms with van der Waals surface area (Å²) < 4.78 is 0. The van der Waals surface area contributed by atoms with E-state index in [2.05, 4.69) is 31.1 Å². The Hall–Kier alpha value is -0.410. The van der Waals surface area contributed by atoms with Crippen LogP contribution in [0.3, 0.4) is 0 Å².